The van der Waals surface area contributed by atoms with E-state index in [2.05, 4.69) is 15.3 Å². The third-order valence-electron chi connectivity index (χ3n) is 3.98. The van der Waals surface area contributed by atoms with E-state index in [1.54, 1.807) is 48.5 Å². The van der Waals surface area contributed by atoms with Crippen molar-refractivity contribution in [2.75, 3.05) is 10.0 Å². The highest BCUT2D eigenvalue weighted by molar-refractivity contribution is 6.04. The van der Waals surface area contributed by atoms with E-state index < -0.39 is 18.0 Å². The third-order valence-corrected chi connectivity index (χ3v) is 3.98. The molecule has 1 aromatic heterocycles. The zero-order chi connectivity index (χ0) is 22.5. The van der Waals surface area contributed by atoms with Crippen molar-refractivity contribution < 1.29 is 14.4 Å². The SMILES string of the molecule is NC(=O)N(N)c1nn(C(=O)c2ccccc2)c(N(N)C(N)=O)c1N=Nc1ccccc1. The number of aromatic nitrogens is 2. The predicted molar refractivity (Wildman–Crippen MR) is 112 cm³/mol. The van der Waals surface area contributed by atoms with E-state index in [1.807, 2.05) is 0 Å². The van der Waals surface area contributed by atoms with Gasteiger partial charge >= 0.3 is 12.1 Å². The summed E-state index contributed by atoms with van der Waals surface area (Å²) in [6, 6.07) is 14.2. The Labute approximate surface area is 175 Å². The van der Waals surface area contributed by atoms with Crippen molar-refractivity contribution in [2.24, 2.45) is 33.4 Å². The number of azo groups is 1. The topological polar surface area (TPSA) is 204 Å². The predicted octanol–water partition coefficient (Wildman–Crippen LogP) is 1.50. The van der Waals surface area contributed by atoms with Crippen molar-refractivity contribution in [2.45, 2.75) is 0 Å². The monoisotopic (exact) mass is 422 g/mol. The molecule has 2 aromatic carbocycles. The number of hydrogen-bond acceptors (Lipinski definition) is 8. The van der Waals surface area contributed by atoms with Crippen molar-refractivity contribution in [1.82, 2.24) is 9.78 Å². The van der Waals surface area contributed by atoms with Gasteiger partial charge in [0.15, 0.2) is 11.5 Å². The molecule has 31 heavy (non-hydrogen) atoms. The molecule has 13 heteroatoms. The summed E-state index contributed by atoms with van der Waals surface area (Å²) in [5, 5.41) is 12.9. The molecule has 0 spiro atoms. The maximum absolute atomic E-state index is 13.0. The van der Waals surface area contributed by atoms with Gasteiger partial charge in [-0.2, -0.15) is 9.80 Å². The van der Waals surface area contributed by atoms with E-state index in [0.717, 1.165) is 4.68 Å². The van der Waals surface area contributed by atoms with E-state index in [1.165, 1.54) is 12.1 Å². The van der Waals surface area contributed by atoms with E-state index in [0.29, 0.717) is 15.7 Å². The first-order chi connectivity index (χ1) is 14.8. The largest absolute Gasteiger partial charge is 0.350 e. The number of urea groups is 2. The van der Waals surface area contributed by atoms with E-state index in [-0.39, 0.29) is 22.9 Å². The Balaban J connectivity index is 2.25. The molecule has 0 bridgehead atoms. The van der Waals surface area contributed by atoms with Crippen LogP contribution in [0.15, 0.2) is 70.9 Å². The lowest BCUT2D eigenvalue weighted by atomic mass is 10.2. The van der Waals surface area contributed by atoms with Gasteiger partial charge in [-0.15, -0.1) is 10.2 Å². The van der Waals surface area contributed by atoms with Crippen molar-refractivity contribution in [1.29, 1.82) is 0 Å². The first kappa shape index (κ1) is 21.1. The summed E-state index contributed by atoms with van der Waals surface area (Å²) in [6.07, 6.45) is 0. The molecule has 8 N–H and O–H groups in total. The molecule has 0 fully saturated rings. The Morgan fingerprint density at radius 2 is 1.35 bits per heavy atom. The molecule has 0 unspecified atom stereocenters. The average molecular weight is 422 g/mol. The van der Waals surface area contributed by atoms with Crippen LogP contribution < -0.4 is 33.2 Å². The van der Waals surface area contributed by atoms with Crippen LogP contribution in [0.2, 0.25) is 0 Å². The number of carbonyl (C=O) groups is 3. The van der Waals surface area contributed by atoms with Crippen LogP contribution in [0.1, 0.15) is 10.4 Å². The van der Waals surface area contributed by atoms with Crippen LogP contribution in [0.5, 0.6) is 0 Å². The molecule has 0 radical (unpaired) electrons. The second-order valence-electron chi connectivity index (χ2n) is 6.03. The first-order valence-electron chi connectivity index (χ1n) is 8.69. The quantitative estimate of drug-likeness (QED) is 0.207. The highest BCUT2D eigenvalue weighted by Crippen LogP contribution is 2.38. The van der Waals surface area contributed by atoms with E-state index in [9.17, 15) is 14.4 Å². The standard InChI is InChI=1S/C18H18N10O3/c19-17(30)26(21)14-13(24-23-12-9-5-2-6-10-12)15(27(22)18(20)31)28(25-14)16(29)11-7-3-1-4-8-11/h1-10H,21-22H2,(H2,19,30)(H2,20,31). The van der Waals surface area contributed by atoms with Gasteiger partial charge in [-0.3, -0.25) is 4.79 Å². The normalized spacial score (nSPS) is 10.8. The van der Waals surface area contributed by atoms with Crippen molar-refractivity contribution >= 4 is 41.0 Å². The number of anilines is 2. The summed E-state index contributed by atoms with van der Waals surface area (Å²) in [6.45, 7) is 0. The van der Waals surface area contributed by atoms with Crippen LogP contribution in [0.4, 0.5) is 32.6 Å². The van der Waals surface area contributed by atoms with Crippen LogP contribution in [-0.2, 0) is 0 Å². The molecule has 3 rings (SSSR count). The minimum atomic E-state index is -1.13. The molecule has 13 nitrogen and oxygen atoms in total. The zero-order valence-electron chi connectivity index (χ0n) is 16.0. The van der Waals surface area contributed by atoms with Gasteiger partial charge in [0.1, 0.15) is 0 Å². The van der Waals surface area contributed by atoms with Gasteiger partial charge in [0, 0.05) is 5.56 Å². The summed E-state index contributed by atoms with van der Waals surface area (Å²) >= 11 is 0. The number of primary amides is 2. The van der Waals surface area contributed by atoms with E-state index >= 15 is 0 Å². The van der Waals surface area contributed by atoms with Crippen LogP contribution >= 0.6 is 0 Å². The van der Waals surface area contributed by atoms with Crippen LogP contribution in [0.25, 0.3) is 0 Å². The number of rotatable bonds is 5. The molecule has 0 saturated heterocycles. The minimum absolute atomic E-state index is 0.199. The molecule has 1 heterocycles. The van der Waals surface area contributed by atoms with Gasteiger partial charge in [0.05, 0.1) is 5.69 Å². The summed E-state index contributed by atoms with van der Waals surface area (Å²) in [5.74, 6) is 10.0. The average Bonchev–Trinajstić information content (AvgIpc) is 3.16. The van der Waals surface area contributed by atoms with Gasteiger partial charge in [-0.25, -0.2) is 31.3 Å². The maximum Gasteiger partial charge on any atom is 0.335 e. The third kappa shape index (κ3) is 4.36. The number of nitrogens with two attached hydrogens (primary N) is 4. The summed E-state index contributed by atoms with van der Waals surface area (Å²) < 4.78 is 0.734. The smallest absolute Gasteiger partial charge is 0.335 e. The molecule has 0 aliphatic carbocycles. The number of nitrogens with zero attached hydrogens (tertiary/aromatic N) is 6. The van der Waals surface area contributed by atoms with Gasteiger partial charge in [-0.05, 0) is 24.3 Å². The number of benzene rings is 2. The first-order valence-corrected chi connectivity index (χ1v) is 8.69. The van der Waals surface area contributed by atoms with E-state index in [4.69, 9.17) is 23.2 Å². The van der Waals surface area contributed by atoms with Crippen LogP contribution in [0.3, 0.4) is 0 Å². The fourth-order valence-electron chi connectivity index (χ4n) is 2.51. The molecule has 4 amide bonds. The molecule has 3 aromatic rings. The summed E-state index contributed by atoms with van der Waals surface area (Å²) in [4.78, 5) is 36.5. The fraction of sp³-hybridized carbons (Fsp3) is 0. The number of amides is 4. The molecule has 0 aliphatic heterocycles. The van der Waals surface area contributed by atoms with Crippen molar-refractivity contribution in [3.63, 3.8) is 0 Å². The highest BCUT2D eigenvalue weighted by Gasteiger charge is 2.31. The van der Waals surface area contributed by atoms with Crippen molar-refractivity contribution in [3.05, 3.63) is 66.2 Å². The number of hydrazine groups is 2. The number of hydrogen-bond donors (Lipinski definition) is 4. The lowest BCUT2D eigenvalue weighted by molar-refractivity contribution is 0.0947. The second kappa shape index (κ2) is 8.81. The Morgan fingerprint density at radius 3 is 1.90 bits per heavy atom. The van der Waals surface area contributed by atoms with Gasteiger partial charge in [0.2, 0.25) is 5.82 Å². The Morgan fingerprint density at radius 1 is 0.806 bits per heavy atom. The number of carbonyl (C=O) groups excluding carboxylic acids is 3. The summed E-state index contributed by atoms with van der Waals surface area (Å²) in [7, 11) is 0. The molecular weight excluding hydrogens is 404 g/mol. The van der Waals surface area contributed by atoms with Crippen molar-refractivity contribution in [3.8, 4) is 0 Å². The molecule has 0 saturated carbocycles. The highest BCUT2D eigenvalue weighted by atomic mass is 16.2. The molecule has 0 aliphatic rings. The van der Waals surface area contributed by atoms with Gasteiger partial charge in [0.25, 0.3) is 5.91 Å². The maximum atomic E-state index is 13.0. The Kier molecular flexibility index (Phi) is 6.00. The molecular formula is C18H18N10O3. The van der Waals surface area contributed by atoms with Crippen LogP contribution in [-0.4, -0.2) is 27.7 Å². The minimum Gasteiger partial charge on any atom is -0.350 e. The lowest BCUT2D eigenvalue weighted by Gasteiger charge is -2.15. The zero-order valence-corrected chi connectivity index (χ0v) is 16.0. The van der Waals surface area contributed by atoms with Crippen LogP contribution in [0, 0.1) is 0 Å². The Hall–Kier alpha value is -4.62. The lowest BCUT2D eigenvalue weighted by Crippen LogP contribution is -2.43. The fourth-order valence-corrected chi connectivity index (χ4v) is 2.51. The molecule has 158 valence electrons. The summed E-state index contributed by atoms with van der Waals surface area (Å²) in [5.41, 5.74) is 10.9. The Bertz CT molecular complexity index is 1140. The van der Waals surface area contributed by atoms with Gasteiger partial charge in [-0.1, -0.05) is 36.4 Å². The molecule has 0 atom stereocenters. The van der Waals surface area contributed by atoms with Gasteiger partial charge < -0.3 is 11.5 Å². The second-order valence-corrected chi connectivity index (χ2v) is 6.03.